The lowest BCUT2D eigenvalue weighted by molar-refractivity contribution is 1.18. The van der Waals surface area contributed by atoms with Gasteiger partial charge in [0.25, 0.3) is 0 Å². The maximum absolute atomic E-state index is 2.50. The molecular formula is C62H38N2. The van der Waals surface area contributed by atoms with Gasteiger partial charge >= 0.3 is 0 Å². The molecule has 2 heterocycles. The largest absolute Gasteiger partial charge is 0.309 e. The zero-order chi connectivity index (χ0) is 41.9. The van der Waals surface area contributed by atoms with Crippen LogP contribution in [0.1, 0.15) is 0 Å². The Kier molecular flexibility index (Phi) is 7.43. The van der Waals surface area contributed by atoms with E-state index in [-0.39, 0.29) is 0 Å². The van der Waals surface area contributed by atoms with Gasteiger partial charge in [-0.1, -0.05) is 176 Å². The van der Waals surface area contributed by atoms with Gasteiger partial charge in [0.2, 0.25) is 0 Å². The highest BCUT2D eigenvalue weighted by atomic mass is 15.0. The van der Waals surface area contributed by atoms with E-state index in [4.69, 9.17) is 0 Å². The van der Waals surface area contributed by atoms with E-state index in [1.807, 2.05) is 0 Å². The molecule has 0 aliphatic heterocycles. The van der Waals surface area contributed by atoms with Gasteiger partial charge in [-0.25, -0.2) is 0 Å². The summed E-state index contributed by atoms with van der Waals surface area (Å²) in [6, 6.07) is 85.3. The number of aromatic nitrogens is 2. The first-order valence-electron chi connectivity index (χ1n) is 22.2. The third-order valence-electron chi connectivity index (χ3n) is 13.8. The molecule has 0 radical (unpaired) electrons. The summed E-state index contributed by atoms with van der Waals surface area (Å²) in [6.07, 6.45) is 0. The van der Waals surface area contributed by atoms with E-state index in [1.54, 1.807) is 0 Å². The zero-order valence-corrected chi connectivity index (χ0v) is 34.8. The van der Waals surface area contributed by atoms with Crippen LogP contribution in [0.4, 0.5) is 0 Å². The molecule has 0 saturated carbocycles. The monoisotopic (exact) mass is 810 g/mol. The predicted molar refractivity (Wildman–Crippen MR) is 271 cm³/mol. The lowest BCUT2D eigenvalue weighted by Crippen LogP contribution is -1.95. The van der Waals surface area contributed by atoms with Crippen LogP contribution in [0.5, 0.6) is 0 Å². The van der Waals surface area contributed by atoms with Crippen molar-refractivity contribution in [3.8, 4) is 67.0 Å². The van der Waals surface area contributed by atoms with Crippen LogP contribution in [0.15, 0.2) is 231 Å². The highest BCUT2D eigenvalue weighted by Gasteiger charge is 2.22. The van der Waals surface area contributed by atoms with Gasteiger partial charge in [0.15, 0.2) is 0 Å². The summed E-state index contributed by atoms with van der Waals surface area (Å²) in [7, 11) is 0. The van der Waals surface area contributed by atoms with Gasteiger partial charge in [-0.15, -0.1) is 0 Å². The van der Waals surface area contributed by atoms with Crippen LogP contribution in [0, 0.1) is 0 Å². The molecule has 0 spiro atoms. The van der Waals surface area contributed by atoms with Crippen LogP contribution in [-0.2, 0) is 0 Å². The minimum atomic E-state index is 1.14. The Hall–Kier alpha value is -8.46. The van der Waals surface area contributed by atoms with Crippen molar-refractivity contribution in [2.45, 2.75) is 0 Å². The van der Waals surface area contributed by atoms with Gasteiger partial charge in [0.05, 0.1) is 22.1 Å². The lowest BCUT2D eigenvalue weighted by Gasteiger charge is -2.13. The summed E-state index contributed by atoms with van der Waals surface area (Å²) in [6.45, 7) is 0. The van der Waals surface area contributed by atoms with Gasteiger partial charge < -0.3 is 9.13 Å². The Morgan fingerprint density at radius 3 is 1.66 bits per heavy atom. The van der Waals surface area contributed by atoms with E-state index in [9.17, 15) is 0 Å². The normalized spacial score (nSPS) is 12.1. The summed E-state index contributed by atoms with van der Waals surface area (Å²) < 4.78 is 4.88. The maximum atomic E-state index is 2.50. The second kappa shape index (κ2) is 13.5. The van der Waals surface area contributed by atoms with Crippen LogP contribution in [0.3, 0.4) is 0 Å². The van der Waals surface area contributed by atoms with Crippen LogP contribution in [-0.4, -0.2) is 9.13 Å². The molecular weight excluding hydrogens is 773 g/mol. The molecule has 0 fully saturated rings. The van der Waals surface area contributed by atoms with E-state index in [2.05, 4.69) is 240 Å². The minimum Gasteiger partial charge on any atom is -0.309 e. The van der Waals surface area contributed by atoms with Crippen molar-refractivity contribution >= 4 is 65.2 Å². The second-order valence-electron chi connectivity index (χ2n) is 17.3. The molecule has 296 valence electrons. The summed E-state index contributed by atoms with van der Waals surface area (Å²) in [5, 5.41) is 10.2. The van der Waals surface area contributed by atoms with Crippen LogP contribution < -0.4 is 0 Å². The van der Waals surface area contributed by atoms with Crippen molar-refractivity contribution in [2.75, 3.05) is 0 Å². The van der Waals surface area contributed by atoms with Crippen molar-refractivity contribution in [1.82, 2.24) is 9.13 Å². The van der Waals surface area contributed by atoms with Gasteiger partial charge in [-0.3, -0.25) is 0 Å². The topological polar surface area (TPSA) is 9.86 Å². The van der Waals surface area contributed by atoms with Crippen LogP contribution in [0.25, 0.3) is 132 Å². The molecule has 0 N–H and O–H groups in total. The second-order valence-corrected chi connectivity index (χ2v) is 17.3. The number of fused-ring (bicyclic) bond motifs is 11. The van der Waals surface area contributed by atoms with Gasteiger partial charge in [-0.2, -0.15) is 0 Å². The highest BCUT2D eigenvalue weighted by molar-refractivity contribution is 6.20. The Balaban J connectivity index is 0.891. The summed E-state index contributed by atoms with van der Waals surface area (Å²) in [4.78, 5) is 0. The van der Waals surface area contributed by atoms with Crippen molar-refractivity contribution in [1.29, 1.82) is 0 Å². The fourth-order valence-corrected chi connectivity index (χ4v) is 10.9. The van der Waals surface area contributed by atoms with Crippen LogP contribution in [0.2, 0.25) is 0 Å². The number of hydrogen-bond donors (Lipinski definition) is 0. The molecule has 0 saturated heterocycles. The molecule has 1 aliphatic carbocycles. The van der Waals surface area contributed by atoms with Crippen molar-refractivity contribution < 1.29 is 0 Å². The quantitative estimate of drug-likeness (QED) is 0.164. The van der Waals surface area contributed by atoms with E-state index in [0.29, 0.717) is 0 Å². The van der Waals surface area contributed by atoms with Gasteiger partial charge in [-0.05, 0) is 126 Å². The first-order valence-corrected chi connectivity index (χ1v) is 22.2. The maximum Gasteiger partial charge on any atom is 0.0619 e. The zero-order valence-electron chi connectivity index (χ0n) is 34.8. The standard InChI is InChI=1S/C62H38N2/c1-2-15-47(16-3-1)63-58-22-7-6-19-51(58)57-37-45(30-34-59(57)63)46-29-32-52-55-33-27-41-11-4-5-18-49(41)62(55)64(60(52)38-46)48-17-8-14-43(35-48)39-23-25-40(26-24-39)44-28-31-50-53-20-9-12-42-13-10-21-54(61(42)53)56(50)36-44/h1-38H. The predicted octanol–water partition coefficient (Wildman–Crippen LogP) is 16.8. The average Bonchev–Trinajstić information content (AvgIpc) is 4.00. The van der Waals surface area contributed by atoms with Crippen molar-refractivity contribution in [3.05, 3.63) is 231 Å². The molecule has 1 aliphatic rings. The van der Waals surface area contributed by atoms with E-state index >= 15 is 0 Å². The number of hydrogen-bond acceptors (Lipinski definition) is 0. The first-order chi connectivity index (χ1) is 31.7. The van der Waals surface area contributed by atoms with Gasteiger partial charge in [0, 0.05) is 38.3 Å². The molecule has 2 heteroatoms. The number of para-hydroxylation sites is 2. The molecule has 11 aromatic carbocycles. The lowest BCUT2D eigenvalue weighted by atomic mass is 9.96. The number of rotatable bonds is 5. The summed E-state index contributed by atoms with van der Waals surface area (Å²) in [5.74, 6) is 0. The fraction of sp³-hybridized carbons (Fsp3) is 0. The third-order valence-corrected chi connectivity index (χ3v) is 13.8. The summed E-state index contributed by atoms with van der Waals surface area (Å²) >= 11 is 0. The van der Waals surface area contributed by atoms with Crippen molar-refractivity contribution in [3.63, 3.8) is 0 Å². The molecule has 2 aromatic heterocycles. The average molecular weight is 811 g/mol. The molecule has 0 unspecified atom stereocenters. The van der Waals surface area contributed by atoms with E-state index in [0.717, 1.165) is 5.69 Å². The van der Waals surface area contributed by atoms with Gasteiger partial charge in [0.1, 0.15) is 0 Å². The molecule has 2 nitrogen and oxygen atoms in total. The summed E-state index contributed by atoms with van der Waals surface area (Å²) in [5.41, 5.74) is 19.7. The van der Waals surface area contributed by atoms with Crippen LogP contribution >= 0.6 is 0 Å². The highest BCUT2D eigenvalue weighted by Crippen LogP contribution is 2.48. The molecule has 64 heavy (non-hydrogen) atoms. The molecule has 0 atom stereocenters. The fourth-order valence-electron chi connectivity index (χ4n) is 10.9. The first kappa shape index (κ1) is 35.2. The smallest absolute Gasteiger partial charge is 0.0619 e. The Morgan fingerprint density at radius 2 is 0.812 bits per heavy atom. The Morgan fingerprint density at radius 1 is 0.234 bits per heavy atom. The van der Waals surface area contributed by atoms with E-state index < -0.39 is 0 Å². The van der Waals surface area contributed by atoms with E-state index in [1.165, 1.54) is 126 Å². The Bertz CT molecular complexity index is 4050. The van der Waals surface area contributed by atoms with Crippen molar-refractivity contribution in [2.24, 2.45) is 0 Å². The molecule has 0 bridgehead atoms. The molecule has 14 rings (SSSR count). The number of nitrogens with zero attached hydrogens (tertiary/aromatic N) is 2. The Labute approximate surface area is 370 Å². The third kappa shape index (κ3) is 5.14. The number of benzene rings is 11. The SMILES string of the molecule is c1ccc(-n2c3ccccc3c3cc(-c4ccc5c6ccc7ccccc7c6n(-c6cccc(-c7ccc(-c8ccc9c(c8)-c8cccc%10cccc-9c8%10)cc7)c6)c5c4)ccc32)cc1. The molecule has 0 amide bonds. The minimum absolute atomic E-state index is 1.14. The molecule has 13 aromatic rings.